The molecular formula is C19H19NO. The lowest BCUT2D eigenvalue weighted by molar-refractivity contribution is 0.414. The first-order valence-corrected chi connectivity index (χ1v) is 7.04. The molecule has 1 atom stereocenters. The molecule has 3 aromatic rings. The van der Waals surface area contributed by atoms with Crippen LogP contribution in [0.2, 0.25) is 0 Å². The Balaban J connectivity index is 2.05. The average molecular weight is 277 g/mol. The molecule has 2 nitrogen and oxygen atoms in total. The van der Waals surface area contributed by atoms with Crippen LogP contribution in [0.1, 0.15) is 18.1 Å². The van der Waals surface area contributed by atoms with Crippen molar-refractivity contribution in [2.24, 2.45) is 5.73 Å². The minimum atomic E-state index is -0.531. The van der Waals surface area contributed by atoms with E-state index in [4.69, 9.17) is 10.5 Å². The summed E-state index contributed by atoms with van der Waals surface area (Å²) in [6.45, 7) is 2.04. The quantitative estimate of drug-likeness (QED) is 0.783. The maximum atomic E-state index is 6.60. The van der Waals surface area contributed by atoms with E-state index in [1.54, 1.807) is 7.11 Å². The summed E-state index contributed by atoms with van der Waals surface area (Å²) in [5.41, 5.74) is 8.24. The summed E-state index contributed by atoms with van der Waals surface area (Å²) in [5, 5.41) is 2.44. The third kappa shape index (κ3) is 2.50. The first-order chi connectivity index (χ1) is 10.1. The number of nitrogens with two attached hydrogens (primary N) is 1. The molecule has 0 spiro atoms. The second-order valence-corrected chi connectivity index (χ2v) is 5.49. The normalized spacial score (nSPS) is 13.9. The highest BCUT2D eigenvalue weighted by atomic mass is 16.5. The third-order valence-corrected chi connectivity index (χ3v) is 4.04. The minimum Gasteiger partial charge on any atom is -0.497 e. The summed E-state index contributed by atoms with van der Waals surface area (Å²) >= 11 is 0. The predicted octanol–water partition coefficient (Wildman–Crippen LogP) is 4.07. The van der Waals surface area contributed by atoms with E-state index >= 15 is 0 Å². The van der Waals surface area contributed by atoms with E-state index in [2.05, 4.69) is 30.3 Å². The molecule has 0 amide bonds. The predicted molar refractivity (Wildman–Crippen MR) is 87.6 cm³/mol. The van der Waals surface area contributed by atoms with E-state index in [0.29, 0.717) is 0 Å². The fraction of sp³-hybridized carbons (Fsp3) is 0.158. The van der Waals surface area contributed by atoms with Gasteiger partial charge in [0.05, 0.1) is 12.6 Å². The van der Waals surface area contributed by atoms with E-state index < -0.39 is 5.54 Å². The standard InChI is InChI=1S/C19H19NO/c1-19(20,16-9-11-18(21-2)12-10-16)17-8-7-14-5-3-4-6-15(14)13-17/h3-13H,20H2,1-2H3. The SMILES string of the molecule is COc1ccc(C(C)(N)c2ccc3ccccc3c2)cc1. The molecule has 21 heavy (non-hydrogen) atoms. The summed E-state index contributed by atoms with van der Waals surface area (Å²) < 4.78 is 5.20. The van der Waals surface area contributed by atoms with Gasteiger partial charge in [0, 0.05) is 0 Å². The van der Waals surface area contributed by atoms with Gasteiger partial charge in [-0.05, 0) is 47.0 Å². The Kier molecular flexibility index (Phi) is 3.40. The Labute approximate surface area is 125 Å². The second kappa shape index (κ2) is 5.23. The Morgan fingerprint density at radius 2 is 1.43 bits per heavy atom. The average Bonchev–Trinajstić information content (AvgIpc) is 2.54. The van der Waals surface area contributed by atoms with E-state index in [1.165, 1.54) is 10.8 Å². The molecule has 0 aliphatic rings. The highest BCUT2D eigenvalue weighted by molar-refractivity contribution is 5.83. The van der Waals surface area contributed by atoms with E-state index in [9.17, 15) is 0 Å². The van der Waals surface area contributed by atoms with Gasteiger partial charge >= 0.3 is 0 Å². The van der Waals surface area contributed by atoms with E-state index in [0.717, 1.165) is 16.9 Å². The van der Waals surface area contributed by atoms with Gasteiger partial charge < -0.3 is 10.5 Å². The molecule has 0 radical (unpaired) electrons. The first-order valence-electron chi connectivity index (χ1n) is 7.04. The molecule has 0 saturated carbocycles. The molecule has 0 aromatic heterocycles. The summed E-state index contributed by atoms with van der Waals surface area (Å²) in [6, 6.07) is 22.7. The van der Waals surface area contributed by atoms with Crippen LogP contribution in [-0.4, -0.2) is 7.11 Å². The molecule has 3 aromatic carbocycles. The number of ether oxygens (including phenoxy) is 1. The van der Waals surface area contributed by atoms with Crippen molar-refractivity contribution < 1.29 is 4.74 Å². The maximum absolute atomic E-state index is 6.60. The van der Waals surface area contributed by atoms with Crippen LogP contribution in [0, 0.1) is 0 Å². The van der Waals surface area contributed by atoms with Gasteiger partial charge in [0.1, 0.15) is 5.75 Å². The van der Waals surface area contributed by atoms with Crippen LogP contribution < -0.4 is 10.5 Å². The summed E-state index contributed by atoms with van der Waals surface area (Å²) in [6.07, 6.45) is 0. The van der Waals surface area contributed by atoms with Crippen LogP contribution in [0.3, 0.4) is 0 Å². The van der Waals surface area contributed by atoms with Gasteiger partial charge in [0.25, 0.3) is 0 Å². The van der Waals surface area contributed by atoms with Crippen molar-refractivity contribution in [3.63, 3.8) is 0 Å². The van der Waals surface area contributed by atoms with Crippen molar-refractivity contribution in [1.82, 2.24) is 0 Å². The molecule has 0 fully saturated rings. The molecule has 0 bridgehead atoms. The molecule has 3 rings (SSSR count). The smallest absolute Gasteiger partial charge is 0.118 e. The molecule has 0 aliphatic carbocycles. The first kappa shape index (κ1) is 13.7. The van der Waals surface area contributed by atoms with Gasteiger partial charge in [-0.2, -0.15) is 0 Å². The van der Waals surface area contributed by atoms with Crippen molar-refractivity contribution >= 4 is 10.8 Å². The van der Waals surface area contributed by atoms with Crippen LogP contribution in [0.15, 0.2) is 66.7 Å². The number of rotatable bonds is 3. The van der Waals surface area contributed by atoms with Crippen molar-refractivity contribution in [3.8, 4) is 5.75 Å². The molecule has 2 N–H and O–H groups in total. The summed E-state index contributed by atoms with van der Waals surface area (Å²) in [7, 11) is 1.67. The van der Waals surface area contributed by atoms with Crippen molar-refractivity contribution in [1.29, 1.82) is 0 Å². The van der Waals surface area contributed by atoms with Crippen LogP contribution in [0.25, 0.3) is 10.8 Å². The Bertz CT molecular complexity index is 760. The molecule has 0 saturated heterocycles. The van der Waals surface area contributed by atoms with Crippen LogP contribution in [0.5, 0.6) is 5.75 Å². The third-order valence-electron chi connectivity index (χ3n) is 4.04. The molecule has 0 heterocycles. The van der Waals surface area contributed by atoms with E-state index in [-0.39, 0.29) is 0 Å². The Morgan fingerprint density at radius 3 is 2.10 bits per heavy atom. The Hall–Kier alpha value is -2.32. The fourth-order valence-corrected chi connectivity index (χ4v) is 2.62. The lowest BCUT2D eigenvalue weighted by atomic mass is 9.85. The molecule has 106 valence electrons. The van der Waals surface area contributed by atoms with Gasteiger partial charge in [0.15, 0.2) is 0 Å². The lowest BCUT2D eigenvalue weighted by Gasteiger charge is -2.26. The number of hydrogen-bond donors (Lipinski definition) is 1. The summed E-state index contributed by atoms with van der Waals surface area (Å²) in [5.74, 6) is 0.841. The van der Waals surface area contributed by atoms with Crippen molar-refractivity contribution in [2.75, 3.05) is 7.11 Å². The zero-order valence-corrected chi connectivity index (χ0v) is 12.3. The Morgan fingerprint density at radius 1 is 0.810 bits per heavy atom. The largest absolute Gasteiger partial charge is 0.497 e. The lowest BCUT2D eigenvalue weighted by Crippen LogP contribution is -2.34. The highest BCUT2D eigenvalue weighted by Gasteiger charge is 2.23. The van der Waals surface area contributed by atoms with Gasteiger partial charge in [-0.3, -0.25) is 0 Å². The van der Waals surface area contributed by atoms with Crippen molar-refractivity contribution in [2.45, 2.75) is 12.5 Å². The number of hydrogen-bond acceptors (Lipinski definition) is 2. The molecule has 0 aliphatic heterocycles. The van der Waals surface area contributed by atoms with Gasteiger partial charge in [-0.25, -0.2) is 0 Å². The maximum Gasteiger partial charge on any atom is 0.118 e. The highest BCUT2D eigenvalue weighted by Crippen LogP contribution is 2.30. The number of benzene rings is 3. The minimum absolute atomic E-state index is 0.531. The zero-order chi connectivity index (χ0) is 14.9. The van der Waals surface area contributed by atoms with E-state index in [1.807, 2.05) is 43.3 Å². The fourth-order valence-electron chi connectivity index (χ4n) is 2.62. The van der Waals surface area contributed by atoms with Crippen LogP contribution in [0.4, 0.5) is 0 Å². The number of fused-ring (bicyclic) bond motifs is 1. The zero-order valence-electron chi connectivity index (χ0n) is 12.3. The molecule has 2 heteroatoms. The molecule has 1 unspecified atom stereocenters. The number of methoxy groups -OCH3 is 1. The van der Waals surface area contributed by atoms with Gasteiger partial charge in [-0.1, -0.05) is 48.5 Å². The van der Waals surface area contributed by atoms with Crippen molar-refractivity contribution in [3.05, 3.63) is 77.9 Å². The topological polar surface area (TPSA) is 35.2 Å². The van der Waals surface area contributed by atoms with Crippen LogP contribution >= 0.6 is 0 Å². The van der Waals surface area contributed by atoms with Gasteiger partial charge in [0.2, 0.25) is 0 Å². The van der Waals surface area contributed by atoms with Crippen LogP contribution in [-0.2, 0) is 5.54 Å². The van der Waals surface area contributed by atoms with Gasteiger partial charge in [-0.15, -0.1) is 0 Å². The molecular weight excluding hydrogens is 258 g/mol. The monoisotopic (exact) mass is 277 g/mol. The second-order valence-electron chi connectivity index (χ2n) is 5.49. The summed E-state index contributed by atoms with van der Waals surface area (Å²) in [4.78, 5) is 0.